The summed E-state index contributed by atoms with van der Waals surface area (Å²) in [5.41, 5.74) is -0.916. The topological polar surface area (TPSA) is 65.2 Å². The Morgan fingerprint density at radius 3 is 2.52 bits per heavy atom. The number of alkyl halides is 3. The first-order chi connectivity index (χ1) is 15.7. The smallest absolute Gasteiger partial charge is 0.353 e. The molecule has 0 amide bonds. The molecule has 1 aliphatic heterocycles. The van der Waals surface area contributed by atoms with Gasteiger partial charge in [-0.15, -0.1) is 0 Å². The molecule has 0 unspecified atom stereocenters. The molecule has 1 saturated heterocycles. The number of halogens is 4. The molecule has 172 valence electrons. The molecule has 0 aliphatic carbocycles. The van der Waals surface area contributed by atoms with Gasteiger partial charge in [-0.25, -0.2) is 9.37 Å². The van der Waals surface area contributed by atoms with Gasteiger partial charge in [0.05, 0.1) is 10.9 Å². The summed E-state index contributed by atoms with van der Waals surface area (Å²) in [5, 5.41) is 9.32. The number of fused-ring (bicyclic) bond motifs is 1. The lowest BCUT2D eigenvalue weighted by Gasteiger charge is -2.23. The molecule has 6 nitrogen and oxygen atoms in total. The highest BCUT2D eigenvalue weighted by Crippen LogP contribution is 2.29. The Kier molecular flexibility index (Phi) is 6.08. The number of hydrogen-bond acceptors (Lipinski definition) is 5. The molecular weight excluding hydrogens is 438 g/mol. The van der Waals surface area contributed by atoms with Gasteiger partial charge in [0.1, 0.15) is 17.3 Å². The third kappa shape index (κ3) is 4.68. The largest absolute Gasteiger partial charge is 0.416 e. The van der Waals surface area contributed by atoms with Crippen molar-refractivity contribution in [3.05, 3.63) is 69.3 Å². The van der Waals surface area contributed by atoms with Gasteiger partial charge in [0, 0.05) is 32.4 Å². The lowest BCUT2D eigenvalue weighted by molar-refractivity contribution is -0.137. The first-order valence-corrected chi connectivity index (χ1v) is 10.4. The Labute approximate surface area is 187 Å². The van der Waals surface area contributed by atoms with Gasteiger partial charge in [-0.2, -0.15) is 18.4 Å². The van der Waals surface area contributed by atoms with E-state index in [9.17, 15) is 23.2 Å². The molecule has 4 rings (SSSR count). The fraction of sp³-hybridized carbons (Fsp3) is 0.348. The highest BCUT2D eigenvalue weighted by Gasteiger charge is 2.30. The first-order valence-electron chi connectivity index (χ1n) is 10.4. The van der Waals surface area contributed by atoms with E-state index in [0.717, 1.165) is 37.7 Å². The van der Waals surface area contributed by atoms with E-state index in [1.165, 1.54) is 22.9 Å². The number of rotatable bonds is 3. The number of likely N-dealkylation sites (N-methyl/N-ethyl adjacent to an activating group) is 1. The van der Waals surface area contributed by atoms with Crippen LogP contribution in [0.15, 0.2) is 41.3 Å². The van der Waals surface area contributed by atoms with Crippen LogP contribution >= 0.6 is 0 Å². The quantitative estimate of drug-likeness (QED) is 0.560. The van der Waals surface area contributed by atoms with Crippen LogP contribution < -0.4 is 10.3 Å². The molecule has 1 aliphatic rings. The van der Waals surface area contributed by atoms with Crippen LogP contribution in [0.5, 0.6) is 0 Å². The highest BCUT2D eigenvalue weighted by molar-refractivity contribution is 5.79. The Balaban J connectivity index is 1.80. The number of hydrogen-bond donors (Lipinski definition) is 0. The average Bonchev–Trinajstić information content (AvgIpc) is 2.99. The number of nitriles is 1. The minimum atomic E-state index is -4.45. The molecule has 1 aromatic carbocycles. The SMILES string of the molecule is CN1CCCN(c2nc3c(cc2F)c(=O)c(C#N)cn3Cc2ccc(C(F)(F)F)cc2)CC1. The van der Waals surface area contributed by atoms with Crippen molar-refractivity contribution < 1.29 is 17.6 Å². The van der Waals surface area contributed by atoms with Gasteiger partial charge in [0.15, 0.2) is 11.6 Å². The van der Waals surface area contributed by atoms with Crippen molar-refractivity contribution in [3.8, 4) is 6.07 Å². The standard InChI is InChI=1S/C23H21F4N5O/c1-30-7-2-8-31(10-9-30)22-19(24)11-18-20(33)16(12-28)14-32(21(18)29-22)13-15-3-5-17(6-4-15)23(25,26)27/h3-6,11,14H,2,7-10,13H2,1H3. The highest BCUT2D eigenvalue weighted by atomic mass is 19.4. The summed E-state index contributed by atoms with van der Waals surface area (Å²) in [6, 6.07) is 7.49. The zero-order chi connectivity index (χ0) is 23.8. The summed E-state index contributed by atoms with van der Waals surface area (Å²) in [4.78, 5) is 21.1. The van der Waals surface area contributed by atoms with Crippen molar-refractivity contribution in [3.63, 3.8) is 0 Å². The third-order valence-corrected chi connectivity index (χ3v) is 5.76. The van der Waals surface area contributed by atoms with E-state index in [1.54, 1.807) is 6.07 Å². The maximum absolute atomic E-state index is 15.0. The molecule has 10 heteroatoms. The number of anilines is 1. The minimum absolute atomic E-state index is 0.0471. The third-order valence-electron chi connectivity index (χ3n) is 5.76. The zero-order valence-electron chi connectivity index (χ0n) is 17.9. The van der Waals surface area contributed by atoms with Crippen LogP contribution in [0, 0.1) is 17.1 Å². The summed E-state index contributed by atoms with van der Waals surface area (Å²) in [5.74, 6) is -0.539. The molecule has 3 aromatic rings. The van der Waals surface area contributed by atoms with Gasteiger partial charge in [-0.3, -0.25) is 4.79 Å². The number of nitrogens with zero attached hydrogens (tertiary/aromatic N) is 5. The number of pyridine rings is 2. The van der Waals surface area contributed by atoms with Crippen molar-refractivity contribution in [2.75, 3.05) is 38.1 Å². The maximum Gasteiger partial charge on any atom is 0.416 e. The van der Waals surface area contributed by atoms with Crippen LogP contribution in [0.1, 0.15) is 23.1 Å². The Morgan fingerprint density at radius 1 is 1.12 bits per heavy atom. The fourth-order valence-electron chi connectivity index (χ4n) is 3.95. The Bertz CT molecular complexity index is 1280. The Morgan fingerprint density at radius 2 is 1.85 bits per heavy atom. The second-order valence-electron chi connectivity index (χ2n) is 8.12. The maximum atomic E-state index is 15.0. The summed E-state index contributed by atoms with van der Waals surface area (Å²) >= 11 is 0. The Hall–Kier alpha value is -3.45. The van der Waals surface area contributed by atoms with Crippen LogP contribution in [0.3, 0.4) is 0 Å². The van der Waals surface area contributed by atoms with Crippen LogP contribution in [0.2, 0.25) is 0 Å². The fourth-order valence-corrected chi connectivity index (χ4v) is 3.95. The number of aromatic nitrogens is 2. The lowest BCUT2D eigenvalue weighted by atomic mass is 10.1. The van der Waals surface area contributed by atoms with Gasteiger partial charge in [-0.1, -0.05) is 12.1 Å². The molecular formula is C23H21F4N5O. The monoisotopic (exact) mass is 459 g/mol. The van der Waals surface area contributed by atoms with Gasteiger partial charge in [0.2, 0.25) is 5.43 Å². The summed E-state index contributed by atoms with van der Waals surface area (Å²) in [6.45, 7) is 2.82. The molecule has 0 saturated carbocycles. The van der Waals surface area contributed by atoms with E-state index in [-0.39, 0.29) is 29.0 Å². The van der Waals surface area contributed by atoms with E-state index in [1.807, 2.05) is 11.9 Å². The van der Waals surface area contributed by atoms with Crippen LogP contribution in [0.4, 0.5) is 23.4 Å². The predicted octanol–water partition coefficient (Wildman–Crippen LogP) is 3.62. The molecule has 0 N–H and O–H groups in total. The van der Waals surface area contributed by atoms with Crippen LogP contribution in [-0.2, 0) is 12.7 Å². The van der Waals surface area contributed by atoms with E-state index >= 15 is 4.39 Å². The molecule has 0 atom stereocenters. The molecule has 0 radical (unpaired) electrons. The summed E-state index contributed by atoms with van der Waals surface area (Å²) in [7, 11) is 1.98. The van der Waals surface area contributed by atoms with Gasteiger partial charge >= 0.3 is 6.18 Å². The van der Waals surface area contributed by atoms with E-state index in [4.69, 9.17) is 0 Å². The van der Waals surface area contributed by atoms with Gasteiger partial charge in [-0.05, 0) is 43.8 Å². The van der Waals surface area contributed by atoms with Crippen LogP contribution in [0.25, 0.3) is 11.0 Å². The van der Waals surface area contributed by atoms with E-state index in [2.05, 4.69) is 9.88 Å². The van der Waals surface area contributed by atoms with Gasteiger partial charge in [0.25, 0.3) is 0 Å². The second-order valence-corrected chi connectivity index (χ2v) is 8.12. The molecule has 0 bridgehead atoms. The second kappa shape index (κ2) is 8.83. The van der Waals surface area contributed by atoms with Crippen molar-refractivity contribution in [1.29, 1.82) is 5.26 Å². The summed E-state index contributed by atoms with van der Waals surface area (Å²) < 4.78 is 55.2. The average molecular weight is 459 g/mol. The molecule has 0 spiro atoms. The minimum Gasteiger partial charge on any atom is -0.353 e. The molecule has 1 fully saturated rings. The lowest BCUT2D eigenvalue weighted by Crippen LogP contribution is -2.30. The van der Waals surface area contributed by atoms with Crippen molar-refractivity contribution >= 4 is 16.9 Å². The number of benzene rings is 1. The molecule has 33 heavy (non-hydrogen) atoms. The van der Waals surface area contributed by atoms with Crippen LogP contribution in [-0.4, -0.2) is 47.7 Å². The van der Waals surface area contributed by atoms with Gasteiger partial charge < -0.3 is 14.4 Å². The molecule has 3 heterocycles. The normalized spacial score (nSPS) is 15.5. The summed E-state index contributed by atoms with van der Waals surface area (Å²) in [6.07, 6.45) is -2.32. The van der Waals surface area contributed by atoms with Crippen molar-refractivity contribution in [2.24, 2.45) is 0 Å². The van der Waals surface area contributed by atoms with E-state index in [0.29, 0.717) is 18.7 Å². The molecule has 2 aromatic heterocycles. The predicted molar refractivity (Wildman–Crippen MR) is 116 cm³/mol. The van der Waals surface area contributed by atoms with Crippen molar-refractivity contribution in [2.45, 2.75) is 19.1 Å². The zero-order valence-corrected chi connectivity index (χ0v) is 17.9. The van der Waals surface area contributed by atoms with Crippen molar-refractivity contribution in [1.82, 2.24) is 14.5 Å². The van der Waals surface area contributed by atoms with E-state index < -0.39 is 23.0 Å². The first kappa shape index (κ1) is 22.7.